The summed E-state index contributed by atoms with van der Waals surface area (Å²) in [6.07, 6.45) is 0.664. The molecule has 5 nitrogen and oxygen atoms in total. The molecule has 168 valence electrons. The van der Waals surface area contributed by atoms with Gasteiger partial charge in [-0.05, 0) is 52.7 Å². The van der Waals surface area contributed by atoms with Crippen molar-refractivity contribution in [2.24, 2.45) is 0 Å². The van der Waals surface area contributed by atoms with E-state index in [2.05, 4.69) is 29.6 Å². The predicted molar refractivity (Wildman–Crippen MR) is 138 cm³/mol. The standard InChI is InChI=1S/C26H19Cl2NO4.Li.H/c27-18-8-10-21(23(28)14-18)25(30)29-24-11-9-19(15-22(24)26(31)32)33-13-12-17-6-3-5-16-4-1-2-7-20(16)17;;/h1-11,14-15H,12-13H2,(H,29,30)(H,31,32);;. The summed E-state index contributed by atoms with van der Waals surface area (Å²) in [6, 6.07) is 23.2. The van der Waals surface area contributed by atoms with Crippen molar-refractivity contribution in [3.05, 3.63) is 106 Å². The van der Waals surface area contributed by atoms with Gasteiger partial charge >= 0.3 is 24.8 Å². The van der Waals surface area contributed by atoms with Crippen molar-refractivity contribution in [1.82, 2.24) is 0 Å². The van der Waals surface area contributed by atoms with Crippen LogP contribution in [0.2, 0.25) is 10.0 Å². The Morgan fingerprint density at radius 1 is 0.882 bits per heavy atom. The van der Waals surface area contributed by atoms with E-state index in [1.165, 1.54) is 30.3 Å². The van der Waals surface area contributed by atoms with Gasteiger partial charge in [-0.3, -0.25) is 4.79 Å². The molecule has 0 aliphatic heterocycles. The molecule has 34 heavy (non-hydrogen) atoms. The zero-order chi connectivity index (χ0) is 23.4. The Kier molecular flexibility index (Phi) is 8.65. The third-order valence-electron chi connectivity index (χ3n) is 5.17. The average Bonchev–Trinajstić information content (AvgIpc) is 2.80. The Bertz CT molecular complexity index is 1350. The van der Waals surface area contributed by atoms with Gasteiger partial charge in [-0.1, -0.05) is 65.7 Å². The first-order valence-corrected chi connectivity index (χ1v) is 10.9. The van der Waals surface area contributed by atoms with Crippen molar-refractivity contribution in [1.29, 1.82) is 0 Å². The van der Waals surface area contributed by atoms with E-state index in [4.69, 9.17) is 27.9 Å². The fraction of sp³-hybridized carbons (Fsp3) is 0.0769. The predicted octanol–water partition coefficient (Wildman–Crippen LogP) is 6.07. The van der Waals surface area contributed by atoms with Crippen LogP contribution in [0.15, 0.2) is 78.9 Å². The van der Waals surface area contributed by atoms with E-state index in [1.54, 1.807) is 6.07 Å². The van der Waals surface area contributed by atoms with E-state index in [0.717, 1.165) is 16.3 Å². The van der Waals surface area contributed by atoms with Crippen LogP contribution < -0.4 is 10.1 Å². The molecular formula is C26H20Cl2LiNO4. The Labute approximate surface area is 218 Å². The first kappa shape index (κ1) is 25.7. The number of amides is 1. The van der Waals surface area contributed by atoms with Gasteiger partial charge in [-0.15, -0.1) is 0 Å². The summed E-state index contributed by atoms with van der Waals surface area (Å²) >= 11 is 11.9. The number of ether oxygens (including phenoxy) is 1. The van der Waals surface area contributed by atoms with Crippen molar-refractivity contribution in [2.45, 2.75) is 6.42 Å². The number of fused-ring (bicyclic) bond motifs is 1. The second-order valence-corrected chi connectivity index (χ2v) is 8.17. The molecule has 4 aromatic carbocycles. The minimum atomic E-state index is -1.19. The van der Waals surface area contributed by atoms with Crippen LogP contribution in [0.1, 0.15) is 26.3 Å². The number of hydrogen-bond acceptors (Lipinski definition) is 3. The Balaban J connectivity index is 0.00000324. The number of rotatable bonds is 7. The molecule has 0 saturated carbocycles. The van der Waals surface area contributed by atoms with Gasteiger partial charge in [0.2, 0.25) is 0 Å². The molecule has 0 spiro atoms. The zero-order valence-corrected chi connectivity index (χ0v) is 18.9. The number of halogens is 2. The third kappa shape index (κ3) is 5.94. The number of aromatic carboxylic acids is 1. The van der Waals surface area contributed by atoms with Crippen LogP contribution in [-0.2, 0) is 6.42 Å². The van der Waals surface area contributed by atoms with Gasteiger partial charge in [0, 0.05) is 11.4 Å². The van der Waals surface area contributed by atoms with E-state index in [1.807, 2.05) is 18.2 Å². The van der Waals surface area contributed by atoms with Crippen LogP contribution in [0.5, 0.6) is 5.75 Å². The number of carbonyl (C=O) groups is 2. The summed E-state index contributed by atoms with van der Waals surface area (Å²) in [5.74, 6) is -1.33. The number of anilines is 1. The molecule has 0 radical (unpaired) electrons. The van der Waals surface area contributed by atoms with Crippen molar-refractivity contribution >= 4 is 70.4 Å². The van der Waals surface area contributed by atoms with Gasteiger partial charge in [0.25, 0.3) is 5.91 Å². The molecule has 0 heterocycles. The average molecular weight is 488 g/mol. The van der Waals surface area contributed by atoms with E-state index in [-0.39, 0.29) is 40.7 Å². The van der Waals surface area contributed by atoms with E-state index >= 15 is 0 Å². The van der Waals surface area contributed by atoms with Gasteiger partial charge in [0.1, 0.15) is 5.75 Å². The number of benzene rings is 4. The molecule has 0 saturated heterocycles. The normalized spacial score (nSPS) is 10.4. The minimum absolute atomic E-state index is 0. The van der Waals surface area contributed by atoms with E-state index < -0.39 is 11.9 Å². The molecule has 0 aliphatic rings. The molecular weight excluding hydrogens is 468 g/mol. The third-order valence-corrected chi connectivity index (χ3v) is 5.71. The van der Waals surface area contributed by atoms with E-state index in [9.17, 15) is 14.7 Å². The molecule has 4 rings (SSSR count). The van der Waals surface area contributed by atoms with Crippen molar-refractivity contribution in [3.8, 4) is 5.75 Å². The molecule has 0 unspecified atom stereocenters. The van der Waals surface area contributed by atoms with Gasteiger partial charge in [-0.2, -0.15) is 0 Å². The molecule has 0 aliphatic carbocycles. The number of hydrogen-bond donors (Lipinski definition) is 2. The quantitative estimate of drug-likeness (QED) is 0.310. The van der Waals surface area contributed by atoms with E-state index in [0.29, 0.717) is 23.8 Å². The van der Waals surface area contributed by atoms with Crippen LogP contribution in [0.3, 0.4) is 0 Å². The van der Waals surface area contributed by atoms with Crippen LogP contribution in [0.25, 0.3) is 10.8 Å². The zero-order valence-electron chi connectivity index (χ0n) is 17.3. The number of carbonyl (C=O) groups excluding carboxylic acids is 1. The maximum absolute atomic E-state index is 12.6. The fourth-order valence-electron chi connectivity index (χ4n) is 3.55. The van der Waals surface area contributed by atoms with Crippen molar-refractivity contribution in [2.75, 3.05) is 11.9 Å². The second kappa shape index (κ2) is 11.5. The molecule has 8 heteroatoms. The summed E-state index contributed by atoms with van der Waals surface area (Å²) in [6.45, 7) is 0.374. The van der Waals surface area contributed by atoms with Gasteiger partial charge in [0.15, 0.2) is 0 Å². The molecule has 0 atom stereocenters. The first-order chi connectivity index (χ1) is 15.9. The SMILES string of the molecule is O=C(Nc1ccc(OCCc2cccc3ccccc23)cc1C(=O)O)c1ccc(Cl)cc1Cl.[LiH]. The monoisotopic (exact) mass is 487 g/mol. The first-order valence-electron chi connectivity index (χ1n) is 10.2. The van der Waals surface area contributed by atoms with Crippen molar-refractivity contribution < 1.29 is 19.4 Å². The Morgan fingerprint density at radius 3 is 2.41 bits per heavy atom. The molecule has 4 aromatic rings. The van der Waals surface area contributed by atoms with Gasteiger partial charge in [0.05, 0.1) is 28.4 Å². The molecule has 2 N–H and O–H groups in total. The summed E-state index contributed by atoms with van der Waals surface area (Å²) in [4.78, 5) is 24.4. The molecule has 0 bridgehead atoms. The number of nitrogens with one attached hydrogen (secondary N) is 1. The topological polar surface area (TPSA) is 75.6 Å². The van der Waals surface area contributed by atoms with Crippen LogP contribution in [0.4, 0.5) is 5.69 Å². The summed E-state index contributed by atoms with van der Waals surface area (Å²) < 4.78 is 5.81. The second-order valence-electron chi connectivity index (χ2n) is 7.33. The van der Waals surface area contributed by atoms with Gasteiger partial charge in [-0.25, -0.2) is 4.79 Å². The molecule has 0 aromatic heterocycles. The van der Waals surface area contributed by atoms with Gasteiger partial charge < -0.3 is 15.2 Å². The Morgan fingerprint density at radius 2 is 1.65 bits per heavy atom. The summed E-state index contributed by atoms with van der Waals surface area (Å²) in [5.41, 5.74) is 1.39. The van der Waals surface area contributed by atoms with Crippen LogP contribution >= 0.6 is 23.2 Å². The molecule has 0 fully saturated rings. The van der Waals surface area contributed by atoms with Crippen LogP contribution in [0, 0.1) is 0 Å². The summed E-state index contributed by atoms with van der Waals surface area (Å²) in [5, 5.41) is 15.1. The summed E-state index contributed by atoms with van der Waals surface area (Å²) in [7, 11) is 0. The number of carboxylic acid groups (broad SMARTS) is 1. The number of carboxylic acids is 1. The van der Waals surface area contributed by atoms with Crippen molar-refractivity contribution in [3.63, 3.8) is 0 Å². The Hall–Kier alpha value is -2.94. The maximum atomic E-state index is 12.6. The molecule has 1 amide bonds. The van der Waals surface area contributed by atoms with Crippen LogP contribution in [-0.4, -0.2) is 42.5 Å². The fourth-order valence-corrected chi connectivity index (χ4v) is 4.05.